The quantitative estimate of drug-likeness (QED) is 0.0305. The summed E-state index contributed by atoms with van der Waals surface area (Å²) in [6.45, 7) is 5.99. The number of hydrogen-bond donors (Lipinski definition) is 14. The molecule has 3 aliphatic heterocycles. The molecule has 0 aliphatic carbocycles. The zero-order valence-corrected chi connectivity index (χ0v) is 51.9. The van der Waals surface area contributed by atoms with Crippen molar-refractivity contribution in [1.82, 2.24) is 68.2 Å². The Bertz CT molecular complexity index is 2600. The SMILES string of the molecule is CC(C)[C@@H]1NC(=O)[C@H](CCC(=O)O)NC(=O)CNC(=O)[C@H](Cc2ccc(O)cc2)NC(=O)[C@H](CCCCN)NC(=O)[C@@H](N)Cc2cn(nn2)CCCC[C@@H](C(=O)NCCCOCCOCCOCCCNC(=O)CCCC[C@H]2SC[C@H]3NC(=O)N[C@H]32)NC1=O. The highest BCUT2D eigenvalue weighted by Gasteiger charge is 2.42. The maximum absolute atomic E-state index is 14.1. The van der Waals surface area contributed by atoms with Crippen LogP contribution >= 0.6 is 11.8 Å². The largest absolute Gasteiger partial charge is 0.508 e. The molecule has 0 unspecified atom stereocenters. The molecule has 5 rings (SSSR count). The number of aromatic nitrogens is 3. The minimum Gasteiger partial charge on any atom is -0.508 e. The summed E-state index contributed by atoms with van der Waals surface area (Å²) in [4.78, 5) is 132. The molecule has 1 aromatic carbocycles. The molecule has 9 atom stereocenters. The number of benzene rings is 1. The van der Waals surface area contributed by atoms with Crippen LogP contribution in [0.4, 0.5) is 4.79 Å². The van der Waals surface area contributed by atoms with E-state index in [4.69, 9.17) is 25.7 Å². The molecule has 2 aromatic rings. The Balaban J connectivity index is 1.12. The lowest BCUT2D eigenvalue weighted by atomic mass is 10.0. The van der Waals surface area contributed by atoms with E-state index in [-0.39, 0.29) is 68.6 Å². The normalized spacial score (nSPS) is 23.5. The first-order chi connectivity index (χ1) is 42.8. The molecule has 0 spiro atoms. The lowest BCUT2D eigenvalue weighted by Gasteiger charge is -2.27. The summed E-state index contributed by atoms with van der Waals surface area (Å²) in [5.41, 5.74) is 13.0. The molecule has 3 aliphatic rings. The molecule has 30 nitrogen and oxygen atoms in total. The number of aromatic hydroxyl groups is 1. The van der Waals surface area contributed by atoms with Crippen LogP contribution in [0.1, 0.15) is 115 Å². The van der Waals surface area contributed by atoms with Gasteiger partial charge in [-0.3, -0.25) is 47.8 Å². The molecule has 496 valence electrons. The lowest BCUT2D eigenvalue weighted by Crippen LogP contribution is -2.59. The van der Waals surface area contributed by atoms with E-state index in [0.29, 0.717) is 114 Å². The molecule has 2 fully saturated rings. The van der Waals surface area contributed by atoms with Crippen molar-refractivity contribution in [3.63, 3.8) is 0 Å². The number of thioether (sulfide) groups is 1. The van der Waals surface area contributed by atoms with Crippen molar-refractivity contribution in [2.75, 3.05) is 71.6 Å². The Morgan fingerprint density at radius 1 is 0.719 bits per heavy atom. The van der Waals surface area contributed by atoms with Crippen LogP contribution in [0.5, 0.6) is 5.75 Å². The van der Waals surface area contributed by atoms with E-state index in [0.717, 1.165) is 25.0 Å². The first-order valence-corrected chi connectivity index (χ1v) is 31.9. The summed E-state index contributed by atoms with van der Waals surface area (Å²) in [7, 11) is 0. The summed E-state index contributed by atoms with van der Waals surface area (Å²) >= 11 is 1.87. The van der Waals surface area contributed by atoms with Crippen LogP contribution in [0, 0.1) is 5.92 Å². The zero-order valence-electron chi connectivity index (χ0n) is 51.1. The number of nitrogens with one attached hydrogen (secondary N) is 10. The lowest BCUT2D eigenvalue weighted by molar-refractivity contribution is -0.138. The molecular weight excluding hydrogens is 1180 g/mol. The van der Waals surface area contributed by atoms with Crippen molar-refractivity contribution in [2.24, 2.45) is 17.4 Å². The molecule has 4 heterocycles. The second-order valence-electron chi connectivity index (χ2n) is 22.7. The fourth-order valence-corrected chi connectivity index (χ4v) is 11.6. The smallest absolute Gasteiger partial charge is 0.315 e. The number of aryl methyl sites for hydroxylation is 1. The van der Waals surface area contributed by atoms with Gasteiger partial charge in [-0.05, 0) is 101 Å². The number of amides is 10. The van der Waals surface area contributed by atoms with Crippen LogP contribution in [0.3, 0.4) is 0 Å². The fourth-order valence-electron chi connectivity index (χ4n) is 10.1. The number of nitrogens with zero attached hydrogens (tertiary/aromatic N) is 3. The number of phenolic OH excluding ortho intramolecular Hbond substituents is 1. The third kappa shape index (κ3) is 27.2. The van der Waals surface area contributed by atoms with Crippen molar-refractivity contribution >= 4 is 71.0 Å². The van der Waals surface area contributed by atoms with Gasteiger partial charge in [0.25, 0.3) is 0 Å². The molecule has 10 amide bonds. The summed E-state index contributed by atoms with van der Waals surface area (Å²) in [6, 6.07) is -1.47. The molecule has 2 saturated heterocycles. The van der Waals surface area contributed by atoms with E-state index in [1.54, 1.807) is 24.7 Å². The van der Waals surface area contributed by atoms with Gasteiger partial charge in [0.1, 0.15) is 36.0 Å². The highest BCUT2D eigenvalue weighted by molar-refractivity contribution is 8.00. The second kappa shape index (κ2) is 39.7. The average Bonchev–Trinajstić information content (AvgIpc) is 2.31. The van der Waals surface area contributed by atoms with Crippen molar-refractivity contribution in [1.29, 1.82) is 0 Å². The van der Waals surface area contributed by atoms with Gasteiger partial charge in [0.15, 0.2) is 0 Å². The number of carboxylic acids is 1. The Morgan fingerprint density at radius 3 is 2.08 bits per heavy atom. The number of carbonyl (C=O) groups is 10. The first kappa shape index (κ1) is 72.6. The Hall–Kier alpha value is -7.19. The predicted molar refractivity (Wildman–Crippen MR) is 326 cm³/mol. The number of unbranched alkanes of at least 4 members (excludes halogenated alkanes) is 2. The Labute approximate surface area is 522 Å². The van der Waals surface area contributed by atoms with Crippen LogP contribution in [-0.2, 0) is 76.7 Å². The Kier molecular flexibility index (Phi) is 32.4. The van der Waals surface area contributed by atoms with Crippen LogP contribution in [0.15, 0.2) is 30.5 Å². The average molecular weight is 1270 g/mol. The van der Waals surface area contributed by atoms with Gasteiger partial charge < -0.3 is 89.1 Å². The summed E-state index contributed by atoms with van der Waals surface area (Å²) < 4.78 is 18.5. The number of hydrogen-bond acceptors (Lipinski definition) is 19. The van der Waals surface area contributed by atoms with Crippen LogP contribution in [-0.4, -0.2) is 210 Å². The van der Waals surface area contributed by atoms with Crippen molar-refractivity contribution in [3.05, 3.63) is 41.7 Å². The van der Waals surface area contributed by atoms with Gasteiger partial charge in [0, 0.05) is 75.7 Å². The van der Waals surface area contributed by atoms with Gasteiger partial charge in [0.05, 0.1) is 56.8 Å². The molecule has 89 heavy (non-hydrogen) atoms. The third-order valence-corrected chi connectivity index (χ3v) is 16.6. The summed E-state index contributed by atoms with van der Waals surface area (Å²) in [5, 5.41) is 55.6. The highest BCUT2D eigenvalue weighted by atomic mass is 32.2. The minimum absolute atomic E-state index is 0.0119. The molecule has 16 N–H and O–H groups in total. The van der Waals surface area contributed by atoms with E-state index in [9.17, 15) is 58.2 Å². The number of ether oxygens (including phenoxy) is 3. The molecule has 0 saturated carbocycles. The third-order valence-electron chi connectivity index (χ3n) is 15.0. The molecule has 0 radical (unpaired) electrons. The van der Waals surface area contributed by atoms with Gasteiger partial charge in [-0.1, -0.05) is 37.6 Å². The number of rotatable bonds is 30. The monoisotopic (exact) mass is 1270 g/mol. The maximum Gasteiger partial charge on any atom is 0.315 e. The van der Waals surface area contributed by atoms with Crippen LogP contribution in [0.25, 0.3) is 0 Å². The second-order valence-corrected chi connectivity index (χ2v) is 23.9. The number of nitrogens with two attached hydrogens (primary N) is 2. The van der Waals surface area contributed by atoms with E-state index in [1.807, 2.05) is 11.8 Å². The number of carboxylic acid groups (broad SMARTS) is 1. The van der Waals surface area contributed by atoms with Gasteiger partial charge >= 0.3 is 12.0 Å². The van der Waals surface area contributed by atoms with Gasteiger partial charge in [-0.2, -0.15) is 11.8 Å². The zero-order chi connectivity index (χ0) is 64.5. The highest BCUT2D eigenvalue weighted by Crippen LogP contribution is 2.33. The number of urea groups is 1. The van der Waals surface area contributed by atoms with Gasteiger partial charge in [-0.25, -0.2) is 4.79 Å². The topological polar surface area (TPSA) is 442 Å². The van der Waals surface area contributed by atoms with E-state index in [1.165, 1.54) is 24.3 Å². The number of phenols is 1. The number of fused-ring (bicyclic) bond motifs is 3. The standard InChI is InChI=1S/C58H93N15O15S/c1-36(2)50-57(84)66-41(53(80)62-23-10-26-87-28-30-88-29-27-86-25-9-22-61-47(75)14-4-3-13-46-51-45(35-89-46)68-58(85)70-51)12-6-8-24-73-34-38(71-72-73)32-40(60)52(79)65-42(11-5-7-21-59)55(82)67-44(31-37-15-17-39(74)18-16-37)54(81)63-33-48(76)64-43(56(83)69-50)19-20-49(77)78/h15-18,34,36,40-46,50-51,74H,3-14,19-33,35,59-60H2,1-2H3,(H,61,75)(H,62,80)(H,63,81)(H,64,76)(H,65,79)(H,66,84)(H,67,82)(H,69,83)(H,77,78)(H2,68,70,85)/t40-,41-,42-,43-,44-,45+,46+,50-,51+/m0/s1. The number of carbonyl (C=O) groups excluding carboxylic acids is 9. The number of aliphatic carboxylic acids is 1. The molecular formula is C58H93N15O15S. The van der Waals surface area contributed by atoms with Gasteiger partial charge in [0.2, 0.25) is 47.3 Å². The maximum atomic E-state index is 14.1. The van der Waals surface area contributed by atoms with Crippen molar-refractivity contribution in [3.8, 4) is 5.75 Å². The fraction of sp³-hybridized carbons (Fsp3) is 0.690. The van der Waals surface area contributed by atoms with Crippen molar-refractivity contribution < 1.29 is 72.4 Å². The predicted octanol–water partition coefficient (Wildman–Crippen LogP) is -1.74. The summed E-state index contributed by atoms with van der Waals surface area (Å²) in [5.74, 6) is -6.29. The van der Waals surface area contributed by atoms with Crippen LogP contribution in [0.2, 0.25) is 0 Å². The van der Waals surface area contributed by atoms with Crippen LogP contribution < -0.4 is 64.6 Å². The summed E-state index contributed by atoms with van der Waals surface area (Å²) in [6.07, 6.45) is 6.75. The minimum atomic E-state index is -1.51. The van der Waals surface area contributed by atoms with E-state index < -0.39 is 109 Å². The molecule has 1 aromatic heterocycles. The first-order valence-electron chi connectivity index (χ1n) is 30.9. The van der Waals surface area contributed by atoms with Gasteiger partial charge in [-0.15, -0.1) is 5.10 Å². The molecule has 2 bridgehead atoms. The van der Waals surface area contributed by atoms with E-state index in [2.05, 4.69) is 63.5 Å². The van der Waals surface area contributed by atoms with Crippen molar-refractivity contribution in [2.45, 2.75) is 177 Å². The Morgan fingerprint density at radius 2 is 1.38 bits per heavy atom. The van der Waals surface area contributed by atoms with E-state index >= 15 is 0 Å². The molecule has 31 heteroatoms.